The third-order valence-corrected chi connectivity index (χ3v) is 6.08. The Kier molecular flexibility index (Phi) is 4.60. The van der Waals surface area contributed by atoms with Crippen LogP contribution in [0.2, 0.25) is 0 Å². The van der Waals surface area contributed by atoms with Crippen LogP contribution in [0.5, 0.6) is 0 Å². The van der Waals surface area contributed by atoms with E-state index in [9.17, 15) is 0 Å². The summed E-state index contributed by atoms with van der Waals surface area (Å²) in [7, 11) is 0. The lowest BCUT2D eigenvalue weighted by Gasteiger charge is -2.24. The van der Waals surface area contributed by atoms with E-state index in [0.29, 0.717) is 11.9 Å². The number of anilines is 3. The minimum Gasteiger partial charge on any atom is -0.369 e. The Morgan fingerprint density at radius 2 is 2.07 bits per heavy atom. The van der Waals surface area contributed by atoms with E-state index in [4.69, 9.17) is 4.98 Å². The van der Waals surface area contributed by atoms with E-state index in [0.717, 1.165) is 39.7 Å². The molecular formula is C22H22N6S. The number of pyridine rings is 1. The van der Waals surface area contributed by atoms with E-state index in [2.05, 4.69) is 56.4 Å². The molecule has 1 unspecified atom stereocenters. The number of aromatic nitrogens is 4. The fraction of sp³-hybridized carbons (Fsp3) is 0.273. The molecule has 4 heterocycles. The Hall–Kier alpha value is -3.06. The zero-order chi connectivity index (χ0) is 19.8. The molecule has 0 spiro atoms. The van der Waals surface area contributed by atoms with E-state index >= 15 is 0 Å². The van der Waals surface area contributed by atoms with Gasteiger partial charge in [-0.2, -0.15) is 0 Å². The number of aryl methyl sites for hydroxylation is 1. The van der Waals surface area contributed by atoms with Crippen LogP contribution in [0.4, 0.5) is 17.2 Å². The van der Waals surface area contributed by atoms with Crippen molar-refractivity contribution in [2.24, 2.45) is 0 Å². The molecule has 4 aromatic rings. The van der Waals surface area contributed by atoms with Crippen LogP contribution < -0.4 is 10.2 Å². The van der Waals surface area contributed by atoms with Crippen molar-refractivity contribution in [3.8, 4) is 11.4 Å². The number of hydrogen-bond acceptors (Lipinski definition) is 7. The molecule has 1 fully saturated rings. The van der Waals surface area contributed by atoms with Crippen LogP contribution in [0.1, 0.15) is 25.5 Å². The summed E-state index contributed by atoms with van der Waals surface area (Å²) in [5.74, 6) is 1.37. The number of hydrogen-bond donors (Lipinski definition) is 1. The second kappa shape index (κ2) is 7.40. The van der Waals surface area contributed by atoms with Crippen LogP contribution >= 0.6 is 11.3 Å². The SMILES string of the molecule is Cc1ccc(-c2nc(Nc3cccc(N4CCCC4C)c3)c3ncsc3n2)cn1. The van der Waals surface area contributed by atoms with Crippen molar-refractivity contribution in [2.45, 2.75) is 32.7 Å². The second-order valence-electron chi connectivity index (χ2n) is 7.45. The Bertz CT molecular complexity index is 1150. The van der Waals surface area contributed by atoms with Crippen molar-refractivity contribution in [1.29, 1.82) is 0 Å². The van der Waals surface area contributed by atoms with Crippen LogP contribution in [-0.2, 0) is 0 Å². The van der Waals surface area contributed by atoms with Crippen LogP contribution in [0, 0.1) is 6.92 Å². The number of nitrogens with zero attached hydrogens (tertiary/aromatic N) is 5. The van der Waals surface area contributed by atoms with Gasteiger partial charge >= 0.3 is 0 Å². The Labute approximate surface area is 173 Å². The molecule has 0 bridgehead atoms. The fourth-order valence-electron chi connectivity index (χ4n) is 3.79. The lowest BCUT2D eigenvalue weighted by atomic mass is 10.2. The van der Waals surface area contributed by atoms with Crippen molar-refractivity contribution in [1.82, 2.24) is 19.9 Å². The molecule has 146 valence electrons. The second-order valence-corrected chi connectivity index (χ2v) is 8.28. The number of nitrogens with one attached hydrogen (secondary N) is 1. The predicted octanol–water partition coefficient (Wildman–Crippen LogP) is 5.19. The topological polar surface area (TPSA) is 66.8 Å². The quantitative estimate of drug-likeness (QED) is 0.507. The number of fused-ring (bicyclic) bond motifs is 1. The number of thiazole rings is 1. The minimum absolute atomic E-state index is 0.579. The smallest absolute Gasteiger partial charge is 0.164 e. The highest BCUT2D eigenvalue weighted by atomic mass is 32.1. The normalized spacial score (nSPS) is 16.5. The van der Waals surface area contributed by atoms with Gasteiger partial charge in [0.2, 0.25) is 0 Å². The average Bonchev–Trinajstić information content (AvgIpc) is 3.37. The Morgan fingerprint density at radius 1 is 1.14 bits per heavy atom. The van der Waals surface area contributed by atoms with Gasteiger partial charge in [-0.05, 0) is 57.0 Å². The maximum atomic E-state index is 4.78. The summed E-state index contributed by atoms with van der Waals surface area (Å²) in [4.78, 5) is 21.7. The molecule has 1 N–H and O–H groups in total. The summed E-state index contributed by atoms with van der Waals surface area (Å²) < 4.78 is 0. The summed E-state index contributed by atoms with van der Waals surface area (Å²) >= 11 is 1.52. The van der Waals surface area contributed by atoms with Crippen LogP contribution in [-0.4, -0.2) is 32.5 Å². The maximum absolute atomic E-state index is 4.78. The predicted molar refractivity (Wildman–Crippen MR) is 119 cm³/mol. The minimum atomic E-state index is 0.579. The number of benzene rings is 1. The Morgan fingerprint density at radius 3 is 2.86 bits per heavy atom. The van der Waals surface area contributed by atoms with Gasteiger partial charge in [0.25, 0.3) is 0 Å². The van der Waals surface area contributed by atoms with Gasteiger partial charge in [0.05, 0.1) is 5.51 Å². The van der Waals surface area contributed by atoms with Crippen molar-refractivity contribution in [2.75, 3.05) is 16.8 Å². The first-order chi connectivity index (χ1) is 14.2. The molecule has 7 heteroatoms. The van der Waals surface area contributed by atoms with Gasteiger partial charge in [-0.25, -0.2) is 15.0 Å². The van der Waals surface area contributed by atoms with Crippen molar-refractivity contribution in [3.63, 3.8) is 0 Å². The molecule has 0 saturated carbocycles. The van der Waals surface area contributed by atoms with Crippen LogP contribution in [0.3, 0.4) is 0 Å². The molecule has 3 aromatic heterocycles. The lowest BCUT2D eigenvalue weighted by molar-refractivity contribution is 0.735. The van der Waals surface area contributed by atoms with Gasteiger partial charge in [0.1, 0.15) is 10.3 Å². The van der Waals surface area contributed by atoms with E-state index in [-0.39, 0.29) is 0 Å². The van der Waals surface area contributed by atoms with E-state index in [1.54, 1.807) is 0 Å². The molecule has 1 saturated heterocycles. The third kappa shape index (κ3) is 3.53. The van der Waals surface area contributed by atoms with Gasteiger partial charge < -0.3 is 10.2 Å². The molecular weight excluding hydrogens is 380 g/mol. The molecule has 1 aliphatic heterocycles. The van der Waals surface area contributed by atoms with Crippen LogP contribution in [0.25, 0.3) is 21.7 Å². The number of rotatable bonds is 4. The molecule has 6 nitrogen and oxygen atoms in total. The van der Waals surface area contributed by atoms with E-state index in [1.165, 1.54) is 29.9 Å². The van der Waals surface area contributed by atoms with Gasteiger partial charge in [-0.1, -0.05) is 6.07 Å². The first kappa shape index (κ1) is 18.0. The molecule has 0 radical (unpaired) electrons. The fourth-order valence-corrected chi connectivity index (χ4v) is 4.45. The lowest BCUT2D eigenvalue weighted by Crippen LogP contribution is -2.26. The van der Waals surface area contributed by atoms with Gasteiger partial charge in [-0.15, -0.1) is 11.3 Å². The summed E-state index contributed by atoms with van der Waals surface area (Å²) in [6.45, 7) is 5.37. The molecule has 1 atom stereocenters. The highest BCUT2D eigenvalue weighted by Crippen LogP contribution is 2.31. The first-order valence-corrected chi connectivity index (χ1v) is 10.7. The molecule has 1 aromatic carbocycles. The highest BCUT2D eigenvalue weighted by molar-refractivity contribution is 7.16. The van der Waals surface area contributed by atoms with Gasteiger partial charge in [0.15, 0.2) is 11.6 Å². The third-order valence-electron chi connectivity index (χ3n) is 5.36. The molecule has 0 aliphatic carbocycles. The van der Waals surface area contributed by atoms with Gasteiger partial charge in [0, 0.05) is 41.4 Å². The monoisotopic (exact) mass is 402 g/mol. The summed E-state index contributed by atoms with van der Waals surface area (Å²) in [6, 6.07) is 13.1. The van der Waals surface area contributed by atoms with Crippen molar-refractivity contribution < 1.29 is 0 Å². The molecule has 29 heavy (non-hydrogen) atoms. The summed E-state index contributed by atoms with van der Waals surface area (Å²) in [5, 5.41) is 3.48. The average molecular weight is 403 g/mol. The van der Waals surface area contributed by atoms with Gasteiger partial charge in [-0.3, -0.25) is 4.98 Å². The van der Waals surface area contributed by atoms with Crippen LogP contribution in [0.15, 0.2) is 48.1 Å². The van der Waals surface area contributed by atoms with E-state index < -0.39 is 0 Å². The standard InChI is InChI=1S/C22H22N6S/c1-14-8-9-16(12-23-14)20-26-21(19-22(27-20)29-13-24-19)25-17-6-3-7-18(11-17)28-10-4-5-15(28)2/h3,6-9,11-13,15H,4-5,10H2,1-2H3,(H,25,26,27). The largest absolute Gasteiger partial charge is 0.369 e. The Balaban J connectivity index is 1.52. The zero-order valence-corrected chi connectivity index (χ0v) is 17.3. The summed E-state index contributed by atoms with van der Waals surface area (Å²) in [5.41, 5.74) is 6.71. The highest BCUT2D eigenvalue weighted by Gasteiger charge is 2.20. The first-order valence-electron chi connectivity index (χ1n) is 9.85. The molecule has 1 aliphatic rings. The van der Waals surface area contributed by atoms with E-state index in [1.807, 2.05) is 30.8 Å². The zero-order valence-electron chi connectivity index (χ0n) is 16.5. The summed E-state index contributed by atoms with van der Waals surface area (Å²) in [6.07, 6.45) is 4.31. The molecule has 0 amide bonds. The maximum Gasteiger partial charge on any atom is 0.164 e. The molecule has 5 rings (SSSR count). The van der Waals surface area contributed by atoms with Crippen molar-refractivity contribution in [3.05, 3.63) is 53.8 Å². The van der Waals surface area contributed by atoms with Crippen molar-refractivity contribution >= 4 is 38.9 Å².